The zero-order valence-corrected chi connectivity index (χ0v) is 15.5. The molecule has 1 saturated heterocycles. The van der Waals surface area contributed by atoms with E-state index in [1.165, 1.54) is 12.1 Å². The van der Waals surface area contributed by atoms with E-state index in [-0.39, 0.29) is 11.7 Å². The molecule has 1 fully saturated rings. The number of nitrogens with zero attached hydrogens (tertiary/aromatic N) is 3. The highest BCUT2D eigenvalue weighted by Gasteiger charge is 2.34. The zero-order chi connectivity index (χ0) is 18.6. The number of aromatic nitrogens is 1. The van der Waals surface area contributed by atoms with Gasteiger partial charge in [0.1, 0.15) is 5.82 Å². The molecule has 0 saturated carbocycles. The van der Waals surface area contributed by atoms with E-state index in [0.29, 0.717) is 6.54 Å². The molecule has 0 bridgehead atoms. The Labute approximate surface area is 154 Å². The van der Waals surface area contributed by atoms with E-state index >= 15 is 0 Å². The fraction of sp³-hybridized carbons (Fsp3) is 0.429. The summed E-state index contributed by atoms with van der Waals surface area (Å²) in [7, 11) is 0. The summed E-state index contributed by atoms with van der Waals surface area (Å²) in [6.07, 6.45) is 2.74. The van der Waals surface area contributed by atoms with Crippen LogP contribution in [0.2, 0.25) is 0 Å². The van der Waals surface area contributed by atoms with E-state index in [1.54, 1.807) is 6.07 Å². The van der Waals surface area contributed by atoms with Gasteiger partial charge < -0.3 is 4.90 Å². The normalized spacial score (nSPS) is 16.3. The molecule has 1 aliphatic rings. The van der Waals surface area contributed by atoms with Crippen molar-refractivity contribution >= 4 is 5.91 Å². The van der Waals surface area contributed by atoms with E-state index < -0.39 is 5.41 Å². The molecule has 26 heavy (non-hydrogen) atoms. The molecule has 1 aliphatic heterocycles. The summed E-state index contributed by atoms with van der Waals surface area (Å²) in [4.78, 5) is 21.8. The predicted molar refractivity (Wildman–Crippen MR) is 100 cm³/mol. The fourth-order valence-electron chi connectivity index (χ4n) is 3.45. The number of hydrogen-bond donors (Lipinski definition) is 0. The Kier molecular flexibility index (Phi) is 5.67. The summed E-state index contributed by atoms with van der Waals surface area (Å²) in [6.45, 7) is 7.74. The Morgan fingerprint density at radius 2 is 1.96 bits per heavy atom. The summed E-state index contributed by atoms with van der Waals surface area (Å²) >= 11 is 0. The Bertz CT molecular complexity index is 748. The molecule has 4 nitrogen and oxygen atoms in total. The highest BCUT2D eigenvalue weighted by molar-refractivity contribution is 5.87. The third kappa shape index (κ3) is 4.28. The van der Waals surface area contributed by atoms with Gasteiger partial charge in [0.05, 0.1) is 11.1 Å². The molecular weight excluding hydrogens is 329 g/mol. The molecular formula is C21H26FN3O. The minimum Gasteiger partial charge on any atom is -0.341 e. The summed E-state index contributed by atoms with van der Waals surface area (Å²) in [5, 5.41) is 0. The van der Waals surface area contributed by atoms with Crippen molar-refractivity contribution < 1.29 is 9.18 Å². The van der Waals surface area contributed by atoms with Crippen molar-refractivity contribution in [3.05, 3.63) is 65.7 Å². The van der Waals surface area contributed by atoms with Crippen LogP contribution in [0.15, 0.2) is 48.7 Å². The first-order valence-electron chi connectivity index (χ1n) is 9.14. The average molecular weight is 355 g/mol. The van der Waals surface area contributed by atoms with Crippen LogP contribution < -0.4 is 0 Å². The molecule has 0 radical (unpaired) electrons. The van der Waals surface area contributed by atoms with Gasteiger partial charge in [0.2, 0.25) is 5.91 Å². The lowest BCUT2D eigenvalue weighted by atomic mass is 9.83. The number of hydrogen-bond acceptors (Lipinski definition) is 3. The van der Waals surface area contributed by atoms with Gasteiger partial charge in [-0.3, -0.25) is 14.7 Å². The zero-order valence-electron chi connectivity index (χ0n) is 15.5. The van der Waals surface area contributed by atoms with Gasteiger partial charge in [0.25, 0.3) is 0 Å². The summed E-state index contributed by atoms with van der Waals surface area (Å²) < 4.78 is 13.6. The number of benzene rings is 1. The van der Waals surface area contributed by atoms with Gasteiger partial charge in [-0.05, 0) is 50.1 Å². The fourth-order valence-corrected chi connectivity index (χ4v) is 3.45. The van der Waals surface area contributed by atoms with Crippen molar-refractivity contribution in [3.63, 3.8) is 0 Å². The van der Waals surface area contributed by atoms with E-state index in [4.69, 9.17) is 0 Å². The maximum absolute atomic E-state index is 13.6. The van der Waals surface area contributed by atoms with Gasteiger partial charge in [-0.1, -0.05) is 18.2 Å². The molecule has 5 heteroatoms. The minimum atomic E-state index is -0.738. The molecule has 2 aromatic rings. The summed E-state index contributed by atoms with van der Waals surface area (Å²) in [5.74, 6) is -0.247. The maximum atomic E-state index is 13.6. The molecule has 0 aliphatic carbocycles. The molecule has 0 spiro atoms. The second-order valence-electron chi connectivity index (χ2n) is 7.38. The first-order chi connectivity index (χ1) is 12.5. The lowest BCUT2D eigenvalue weighted by Gasteiger charge is -2.31. The van der Waals surface area contributed by atoms with Crippen LogP contribution in [0.1, 0.15) is 31.5 Å². The molecule has 3 rings (SSSR count). The van der Waals surface area contributed by atoms with Crippen LogP contribution in [0, 0.1) is 5.82 Å². The van der Waals surface area contributed by atoms with Crippen LogP contribution in [0.3, 0.4) is 0 Å². The standard InChI is InChI=1S/C21H26FN3O/c1-21(2,17-7-5-8-18(22)15-17)20(26)25-12-6-11-24(13-14-25)16-19-9-3-4-10-23-19/h3-5,7-10,15H,6,11-14,16H2,1-2H3. The van der Waals surface area contributed by atoms with Gasteiger partial charge in [0, 0.05) is 38.9 Å². The Hall–Kier alpha value is -2.27. The van der Waals surface area contributed by atoms with Crippen LogP contribution in [0.25, 0.3) is 0 Å². The smallest absolute Gasteiger partial charge is 0.232 e. The van der Waals surface area contributed by atoms with Crippen LogP contribution in [-0.2, 0) is 16.8 Å². The third-order valence-electron chi connectivity index (χ3n) is 5.07. The predicted octanol–water partition coefficient (Wildman–Crippen LogP) is 3.23. The quantitative estimate of drug-likeness (QED) is 0.845. The Morgan fingerprint density at radius 3 is 2.69 bits per heavy atom. The van der Waals surface area contributed by atoms with Crippen molar-refractivity contribution in [2.24, 2.45) is 0 Å². The van der Waals surface area contributed by atoms with Crippen molar-refractivity contribution in [3.8, 4) is 0 Å². The molecule has 138 valence electrons. The topological polar surface area (TPSA) is 36.4 Å². The number of carbonyl (C=O) groups is 1. The maximum Gasteiger partial charge on any atom is 0.232 e. The number of rotatable bonds is 4. The van der Waals surface area contributed by atoms with E-state index in [9.17, 15) is 9.18 Å². The number of amides is 1. The van der Waals surface area contributed by atoms with E-state index in [1.807, 2.05) is 49.2 Å². The molecule has 1 amide bonds. The average Bonchev–Trinajstić information content (AvgIpc) is 2.87. The lowest BCUT2D eigenvalue weighted by molar-refractivity contribution is -0.136. The SMILES string of the molecule is CC(C)(C(=O)N1CCCN(Cc2ccccn2)CC1)c1cccc(F)c1. The van der Waals surface area contributed by atoms with Crippen LogP contribution in [-0.4, -0.2) is 46.9 Å². The Balaban J connectivity index is 1.65. The van der Waals surface area contributed by atoms with Crippen molar-refractivity contribution in [2.45, 2.75) is 32.2 Å². The molecule has 0 unspecified atom stereocenters. The van der Waals surface area contributed by atoms with Crippen LogP contribution in [0.5, 0.6) is 0 Å². The monoisotopic (exact) mass is 355 g/mol. The van der Waals surface area contributed by atoms with Crippen molar-refractivity contribution in [2.75, 3.05) is 26.2 Å². The molecule has 0 N–H and O–H groups in total. The third-order valence-corrected chi connectivity index (χ3v) is 5.07. The van der Waals surface area contributed by atoms with Crippen molar-refractivity contribution in [1.29, 1.82) is 0 Å². The largest absolute Gasteiger partial charge is 0.341 e. The molecule has 0 atom stereocenters. The van der Waals surface area contributed by atoms with Gasteiger partial charge in [-0.15, -0.1) is 0 Å². The molecule has 2 heterocycles. The number of carbonyl (C=O) groups excluding carboxylic acids is 1. The number of halogens is 1. The minimum absolute atomic E-state index is 0.0581. The van der Waals surface area contributed by atoms with Crippen LogP contribution in [0.4, 0.5) is 4.39 Å². The van der Waals surface area contributed by atoms with Crippen molar-refractivity contribution in [1.82, 2.24) is 14.8 Å². The van der Waals surface area contributed by atoms with Gasteiger partial charge in [-0.2, -0.15) is 0 Å². The highest BCUT2D eigenvalue weighted by Crippen LogP contribution is 2.27. The lowest BCUT2D eigenvalue weighted by Crippen LogP contribution is -2.45. The molecule has 1 aromatic carbocycles. The summed E-state index contributed by atoms with van der Waals surface area (Å²) in [5.41, 5.74) is 1.03. The number of pyridine rings is 1. The van der Waals surface area contributed by atoms with Gasteiger partial charge in [-0.25, -0.2) is 4.39 Å². The Morgan fingerprint density at radius 1 is 1.12 bits per heavy atom. The highest BCUT2D eigenvalue weighted by atomic mass is 19.1. The van der Waals surface area contributed by atoms with E-state index in [2.05, 4.69) is 9.88 Å². The first-order valence-corrected chi connectivity index (χ1v) is 9.14. The van der Waals surface area contributed by atoms with Gasteiger partial charge >= 0.3 is 0 Å². The molecule has 1 aromatic heterocycles. The van der Waals surface area contributed by atoms with Gasteiger partial charge in [0.15, 0.2) is 0 Å². The van der Waals surface area contributed by atoms with E-state index in [0.717, 1.165) is 43.9 Å². The van der Waals surface area contributed by atoms with Crippen LogP contribution >= 0.6 is 0 Å². The first kappa shape index (κ1) is 18.5. The second-order valence-corrected chi connectivity index (χ2v) is 7.38. The summed E-state index contributed by atoms with van der Waals surface area (Å²) in [6, 6.07) is 12.3. The second kappa shape index (κ2) is 7.96.